The average Bonchev–Trinajstić information content (AvgIpc) is 3.20. The fraction of sp³-hybridized carbons (Fsp3) is 0.737. The van der Waals surface area contributed by atoms with Gasteiger partial charge in [-0.05, 0) is 74.0 Å². The van der Waals surface area contributed by atoms with E-state index in [-0.39, 0.29) is 5.60 Å². The summed E-state index contributed by atoms with van der Waals surface area (Å²) >= 11 is 0. The maximum Gasteiger partial charge on any atom is 0.156 e. The van der Waals surface area contributed by atoms with Crippen molar-refractivity contribution >= 4 is 5.78 Å². The van der Waals surface area contributed by atoms with Crippen LogP contribution in [0.25, 0.3) is 0 Å². The van der Waals surface area contributed by atoms with Crippen LogP contribution in [-0.4, -0.2) is 18.0 Å². The Kier molecular flexibility index (Phi) is 2.34. The van der Waals surface area contributed by atoms with Gasteiger partial charge in [-0.2, -0.15) is 0 Å². The molecule has 0 bridgehead atoms. The van der Waals surface area contributed by atoms with Gasteiger partial charge in [0.15, 0.2) is 5.78 Å². The molecule has 2 nitrogen and oxygen atoms in total. The summed E-state index contributed by atoms with van der Waals surface area (Å²) < 4.78 is 5.96. The van der Waals surface area contributed by atoms with E-state index in [1.54, 1.807) is 11.1 Å². The van der Waals surface area contributed by atoms with Gasteiger partial charge in [-0.15, -0.1) is 0 Å². The summed E-state index contributed by atoms with van der Waals surface area (Å²) in [5.74, 6) is 1.96. The minimum Gasteiger partial charge on any atom is -0.369 e. The fourth-order valence-corrected chi connectivity index (χ4v) is 6.19. The van der Waals surface area contributed by atoms with Crippen molar-refractivity contribution in [3.8, 4) is 0 Å². The lowest BCUT2D eigenvalue weighted by Gasteiger charge is -2.48. The third-order valence-electron chi connectivity index (χ3n) is 7.51. The number of ether oxygens (including phenoxy) is 1. The molecule has 2 heteroatoms. The molecule has 0 N–H and O–H groups in total. The minimum absolute atomic E-state index is 0.256. The molecule has 1 spiro atoms. The topological polar surface area (TPSA) is 29.6 Å². The van der Waals surface area contributed by atoms with Gasteiger partial charge in [-0.1, -0.05) is 12.5 Å². The van der Waals surface area contributed by atoms with E-state index in [1.807, 2.05) is 6.08 Å². The zero-order valence-electron chi connectivity index (χ0n) is 12.9. The SMILES string of the molecule is C[C@]12CCC3=C4CCC(=O)C=C4CC[C@H]3[C@@H]1CC[C@@]21CO1. The molecule has 1 aliphatic heterocycles. The van der Waals surface area contributed by atoms with Crippen LogP contribution in [0.5, 0.6) is 0 Å². The highest BCUT2D eigenvalue weighted by molar-refractivity contribution is 5.93. The van der Waals surface area contributed by atoms with E-state index in [2.05, 4.69) is 6.92 Å². The largest absolute Gasteiger partial charge is 0.369 e. The number of allylic oxidation sites excluding steroid dienone is 4. The highest BCUT2D eigenvalue weighted by atomic mass is 16.6. The molecular formula is C19H24O2. The molecule has 0 radical (unpaired) electrons. The molecule has 4 aliphatic carbocycles. The Bertz CT molecular complexity index is 593. The number of carbonyl (C=O) groups excluding carboxylic acids is 1. The molecular weight excluding hydrogens is 260 g/mol. The maximum absolute atomic E-state index is 11.7. The third kappa shape index (κ3) is 1.50. The Hall–Kier alpha value is -0.890. The van der Waals surface area contributed by atoms with E-state index in [0.29, 0.717) is 11.2 Å². The predicted octanol–water partition coefficient (Wildman–Crippen LogP) is 3.96. The van der Waals surface area contributed by atoms with Crippen LogP contribution in [0.4, 0.5) is 0 Å². The van der Waals surface area contributed by atoms with Crippen molar-refractivity contribution in [2.45, 2.75) is 63.9 Å². The van der Waals surface area contributed by atoms with Gasteiger partial charge in [0.2, 0.25) is 0 Å². The van der Waals surface area contributed by atoms with Gasteiger partial charge in [0, 0.05) is 11.8 Å². The minimum atomic E-state index is 0.256. The van der Waals surface area contributed by atoms with E-state index in [9.17, 15) is 4.79 Å². The van der Waals surface area contributed by atoms with E-state index >= 15 is 0 Å². The Morgan fingerprint density at radius 2 is 2.00 bits per heavy atom. The molecule has 112 valence electrons. The van der Waals surface area contributed by atoms with E-state index in [1.165, 1.54) is 37.7 Å². The lowest BCUT2D eigenvalue weighted by molar-refractivity contribution is -0.114. The lowest BCUT2D eigenvalue weighted by Crippen LogP contribution is -2.43. The van der Waals surface area contributed by atoms with E-state index in [0.717, 1.165) is 37.7 Å². The standard InChI is InChI=1S/C19H24O2/c1-18-8-6-15-14-5-3-13(20)10-12(14)2-4-16(15)17(18)7-9-19(18)11-21-19/h10,16-17H,2-9,11H2,1H3/t16-,17+,18+,19-/m1/s1. The summed E-state index contributed by atoms with van der Waals surface area (Å²) in [6, 6.07) is 0. The summed E-state index contributed by atoms with van der Waals surface area (Å²) in [7, 11) is 0. The molecule has 2 saturated carbocycles. The normalized spacial score (nSPS) is 47.9. The molecule has 0 amide bonds. The zero-order chi connectivity index (χ0) is 14.2. The number of hydrogen-bond acceptors (Lipinski definition) is 2. The highest BCUT2D eigenvalue weighted by Gasteiger charge is 2.67. The zero-order valence-corrected chi connectivity index (χ0v) is 12.9. The third-order valence-corrected chi connectivity index (χ3v) is 7.51. The first-order chi connectivity index (χ1) is 10.1. The van der Waals surface area contributed by atoms with Crippen molar-refractivity contribution in [2.75, 3.05) is 6.61 Å². The van der Waals surface area contributed by atoms with Gasteiger partial charge >= 0.3 is 0 Å². The van der Waals surface area contributed by atoms with Gasteiger partial charge in [0.05, 0.1) is 12.2 Å². The van der Waals surface area contributed by atoms with Crippen LogP contribution in [0.3, 0.4) is 0 Å². The molecule has 21 heavy (non-hydrogen) atoms. The number of fused-ring (bicyclic) bond motifs is 5. The highest BCUT2D eigenvalue weighted by Crippen LogP contribution is 2.68. The average molecular weight is 284 g/mol. The summed E-state index contributed by atoms with van der Waals surface area (Å²) in [5.41, 5.74) is 5.39. The first-order valence-corrected chi connectivity index (χ1v) is 8.73. The Morgan fingerprint density at radius 3 is 2.81 bits per heavy atom. The van der Waals surface area contributed by atoms with Crippen LogP contribution >= 0.6 is 0 Å². The fourth-order valence-electron chi connectivity index (χ4n) is 6.19. The number of rotatable bonds is 0. The second-order valence-electron chi connectivity index (χ2n) is 8.13. The summed E-state index contributed by atoms with van der Waals surface area (Å²) in [4.78, 5) is 11.7. The van der Waals surface area contributed by atoms with Crippen LogP contribution in [0.1, 0.15) is 58.3 Å². The van der Waals surface area contributed by atoms with Crippen molar-refractivity contribution < 1.29 is 9.53 Å². The number of hydrogen-bond donors (Lipinski definition) is 0. The lowest BCUT2D eigenvalue weighted by atomic mass is 9.56. The van der Waals surface area contributed by atoms with Gasteiger partial charge < -0.3 is 4.74 Å². The van der Waals surface area contributed by atoms with Crippen molar-refractivity contribution in [2.24, 2.45) is 17.3 Å². The van der Waals surface area contributed by atoms with Crippen LogP contribution in [0.2, 0.25) is 0 Å². The molecule has 0 aromatic heterocycles. The Morgan fingerprint density at radius 1 is 1.14 bits per heavy atom. The second-order valence-corrected chi connectivity index (χ2v) is 8.13. The predicted molar refractivity (Wildman–Crippen MR) is 80.8 cm³/mol. The molecule has 1 heterocycles. The molecule has 5 aliphatic rings. The van der Waals surface area contributed by atoms with Crippen LogP contribution in [0.15, 0.2) is 22.8 Å². The molecule has 0 unspecified atom stereocenters. The molecule has 0 aromatic carbocycles. The first kappa shape index (κ1) is 12.6. The number of epoxide rings is 1. The van der Waals surface area contributed by atoms with Crippen LogP contribution in [0, 0.1) is 17.3 Å². The second kappa shape index (κ2) is 3.90. The van der Waals surface area contributed by atoms with Crippen LogP contribution < -0.4 is 0 Å². The van der Waals surface area contributed by atoms with Gasteiger partial charge in [-0.25, -0.2) is 0 Å². The van der Waals surface area contributed by atoms with Crippen molar-refractivity contribution in [3.63, 3.8) is 0 Å². The summed E-state index contributed by atoms with van der Waals surface area (Å²) in [6.45, 7) is 3.52. The van der Waals surface area contributed by atoms with Crippen molar-refractivity contribution in [1.82, 2.24) is 0 Å². The smallest absolute Gasteiger partial charge is 0.156 e. The van der Waals surface area contributed by atoms with Gasteiger partial charge in [0.25, 0.3) is 0 Å². The van der Waals surface area contributed by atoms with Crippen LogP contribution in [-0.2, 0) is 9.53 Å². The van der Waals surface area contributed by atoms with Crippen molar-refractivity contribution in [3.05, 3.63) is 22.8 Å². The quantitative estimate of drug-likeness (QED) is 0.630. The summed E-state index contributed by atoms with van der Waals surface area (Å²) in [5, 5.41) is 0. The Labute approximate surface area is 126 Å². The van der Waals surface area contributed by atoms with Gasteiger partial charge in [0.1, 0.15) is 0 Å². The number of ketones is 1. The van der Waals surface area contributed by atoms with Gasteiger partial charge in [-0.3, -0.25) is 4.79 Å². The molecule has 4 atom stereocenters. The first-order valence-electron chi connectivity index (χ1n) is 8.73. The molecule has 1 saturated heterocycles. The van der Waals surface area contributed by atoms with E-state index < -0.39 is 0 Å². The summed E-state index contributed by atoms with van der Waals surface area (Å²) in [6.07, 6.45) is 11.3. The van der Waals surface area contributed by atoms with E-state index in [4.69, 9.17) is 4.74 Å². The Balaban J connectivity index is 1.56. The molecule has 5 rings (SSSR count). The number of carbonyl (C=O) groups is 1. The molecule has 0 aromatic rings. The maximum atomic E-state index is 11.7. The molecule has 3 fully saturated rings. The van der Waals surface area contributed by atoms with Crippen molar-refractivity contribution in [1.29, 1.82) is 0 Å². The monoisotopic (exact) mass is 284 g/mol.